The van der Waals surface area contributed by atoms with E-state index >= 15 is 0 Å². The van der Waals surface area contributed by atoms with Crippen molar-refractivity contribution in [2.24, 2.45) is 0 Å². The second kappa shape index (κ2) is 4.54. The number of rotatable bonds is 2. The molecule has 17 heavy (non-hydrogen) atoms. The van der Waals surface area contributed by atoms with Crippen molar-refractivity contribution in [1.29, 1.82) is 5.26 Å². The molecule has 1 aromatic heterocycles. The fourth-order valence-electron chi connectivity index (χ4n) is 1.35. The lowest BCUT2D eigenvalue weighted by Crippen LogP contribution is -1.92. The van der Waals surface area contributed by atoms with Crippen LogP contribution in [0.15, 0.2) is 36.4 Å². The van der Waals surface area contributed by atoms with Crippen molar-refractivity contribution in [1.82, 2.24) is 4.98 Å². The van der Waals surface area contributed by atoms with E-state index in [1.807, 2.05) is 6.07 Å². The molecule has 0 aliphatic heterocycles. The molecule has 1 N–H and O–H groups in total. The number of benzene rings is 1. The summed E-state index contributed by atoms with van der Waals surface area (Å²) in [6.07, 6.45) is 0. The summed E-state index contributed by atoms with van der Waals surface area (Å²) in [6, 6.07) is 11.7. The Morgan fingerprint density at radius 1 is 1.18 bits per heavy atom. The molecule has 0 unspecified atom stereocenters. The quantitative estimate of drug-likeness (QED) is 0.855. The van der Waals surface area contributed by atoms with Gasteiger partial charge in [-0.1, -0.05) is 0 Å². The highest BCUT2D eigenvalue weighted by Gasteiger charge is 2.03. The molecular formula is C13H10N2O2. The van der Waals surface area contributed by atoms with Crippen LogP contribution in [0.2, 0.25) is 0 Å². The van der Waals surface area contributed by atoms with Crippen molar-refractivity contribution >= 4 is 0 Å². The number of pyridine rings is 1. The summed E-state index contributed by atoms with van der Waals surface area (Å²) < 4.78 is 5.48. The predicted octanol–water partition coefficient (Wildman–Crippen LogP) is 2.76. The second-order valence-electron chi connectivity index (χ2n) is 3.49. The van der Waals surface area contributed by atoms with Crippen LogP contribution < -0.4 is 4.74 Å². The number of aryl methyl sites for hydroxylation is 1. The molecule has 4 nitrogen and oxygen atoms in total. The summed E-state index contributed by atoms with van der Waals surface area (Å²) in [5, 5.41) is 17.9. The van der Waals surface area contributed by atoms with E-state index < -0.39 is 0 Å². The van der Waals surface area contributed by atoms with Crippen LogP contribution in [0.4, 0.5) is 0 Å². The van der Waals surface area contributed by atoms with Crippen molar-refractivity contribution in [3.63, 3.8) is 0 Å². The fraction of sp³-hybridized carbons (Fsp3) is 0.0769. The molecule has 0 aliphatic carbocycles. The van der Waals surface area contributed by atoms with Crippen molar-refractivity contribution in [3.8, 4) is 23.4 Å². The van der Waals surface area contributed by atoms with E-state index in [2.05, 4.69) is 4.98 Å². The first-order chi connectivity index (χ1) is 8.19. The average Bonchev–Trinajstić information content (AvgIpc) is 2.32. The summed E-state index contributed by atoms with van der Waals surface area (Å²) in [6.45, 7) is 1.75. The Morgan fingerprint density at radius 3 is 2.47 bits per heavy atom. The highest BCUT2D eigenvalue weighted by atomic mass is 16.5. The number of ether oxygens (including phenoxy) is 1. The Labute approximate surface area is 98.7 Å². The highest BCUT2D eigenvalue weighted by Crippen LogP contribution is 2.22. The molecular weight excluding hydrogens is 216 g/mol. The summed E-state index contributed by atoms with van der Waals surface area (Å²) in [4.78, 5) is 4.15. The van der Waals surface area contributed by atoms with E-state index in [0.29, 0.717) is 22.9 Å². The zero-order valence-corrected chi connectivity index (χ0v) is 9.21. The van der Waals surface area contributed by atoms with Gasteiger partial charge in [0.1, 0.15) is 17.6 Å². The van der Waals surface area contributed by atoms with Gasteiger partial charge in [-0.15, -0.1) is 0 Å². The van der Waals surface area contributed by atoms with Gasteiger partial charge in [0.2, 0.25) is 5.88 Å². The lowest BCUT2D eigenvalue weighted by Gasteiger charge is -2.05. The molecule has 0 spiro atoms. The molecule has 1 heterocycles. The number of nitriles is 1. The average molecular weight is 226 g/mol. The normalized spacial score (nSPS) is 9.65. The molecule has 0 atom stereocenters. The molecule has 1 aromatic carbocycles. The van der Waals surface area contributed by atoms with Crippen LogP contribution in [-0.4, -0.2) is 10.1 Å². The molecule has 84 valence electrons. The Morgan fingerprint density at radius 2 is 1.88 bits per heavy atom. The third kappa shape index (κ3) is 2.52. The second-order valence-corrected chi connectivity index (χ2v) is 3.49. The Kier molecular flexibility index (Phi) is 2.93. The third-order valence-corrected chi connectivity index (χ3v) is 2.24. The smallest absolute Gasteiger partial charge is 0.219 e. The van der Waals surface area contributed by atoms with Crippen molar-refractivity contribution in [2.75, 3.05) is 0 Å². The zero-order chi connectivity index (χ0) is 12.3. The molecule has 0 saturated heterocycles. The van der Waals surface area contributed by atoms with E-state index in [4.69, 9.17) is 15.1 Å². The van der Waals surface area contributed by atoms with E-state index in [1.165, 1.54) is 12.1 Å². The van der Waals surface area contributed by atoms with E-state index in [1.54, 1.807) is 31.2 Å². The Hall–Kier alpha value is -2.54. The maximum absolute atomic E-state index is 9.13. The molecule has 0 amide bonds. The van der Waals surface area contributed by atoms with Crippen LogP contribution >= 0.6 is 0 Å². The maximum Gasteiger partial charge on any atom is 0.219 e. The van der Waals surface area contributed by atoms with E-state index in [0.717, 1.165) is 0 Å². The minimum atomic E-state index is 0.182. The monoisotopic (exact) mass is 226 g/mol. The maximum atomic E-state index is 9.13. The fourth-order valence-corrected chi connectivity index (χ4v) is 1.35. The number of aromatic hydroxyl groups is 1. The first-order valence-corrected chi connectivity index (χ1v) is 5.03. The van der Waals surface area contributed by atoms with Crippen LogP contribution in [-0.2, 0) is 0 Å². The minimum absolute atomic E-state index is 0.182. The summed E-state index contributed by atoms with van der Waals surface area (Å²) in [7, 11) is 0. The Bertz CT molecular complexity index is 571. The third-order valence-electron chi connectivity index (χ3n) is 2.24. The number of nitrogens with zero attached hydrogens (tertiary/aromatic N) is 2. The van der Waals surface area contributed by atoms with E-state index in [9.17, 15) is 0 Å². The lowest BCUT2D eigenvalue weighted by atomic mass is 10.2. The molecule has 0 fully saturated rings. The van der Waals surface area contributed by atoms with Gasteiger partial charge in [0.25, 0.3) is 0 Å². The first-order valence-electron chi connectivity index (χ1n) is 5.03. The zero-order valence-electron chi connectivity index (χ0n) is 9.21. The van der Waals surface area contributed by atoms with Gasteiger partial charge in [0.05, 0.1) is 11.3 Å². The SMILES string of the molecule is Cc1nc(Oc2ccc(O)cc2)ccc1C#N. The Balaban J connectivity index is 2.22. The van der Waals surface area contributed by atoms with Crippen LogP contribution in [0.5, 0.6) is 17.4 Å². The van der Waals surface area contributed by atoms with Gasteiger partial charge in [-0.05, 0) is 37.3 Å². The van der Waals surface area contributed by atoms with Gasteiger partial charge in [0, 0.05) is 6.07 Å². The van der Waals surface area contributed by atoms with Crippen LogP contribution in [0.25, 0.3) is 0 Å². The molecule has 2 rings (SSSR count). The lowest BCUT2D eigenvalue weighted by molar-refractivity contribution is 0.453. The number of aromatic nitrogens is 1. The van der Waals surface area contributed by atoms with Crippen LogP contribution in [0.1, 0.15) is 11.3 Å². The van der Waals surface area contributed by atoms with Gasteiger partial charge in [-0.3, -0.25) is 0 Å². The van der Waals surface area contributed by atoms with Crippen molar-refractivity contribution < 1.29 is 9.84 Å². The summed E-state index contributed by atoms with van der Waals surface area (Å²) >= 11 is 0. The highest BCUT2D eigenvalue weighted by molar-refractivity contribution is 5.37. The number of phenolic OH excluding ortho intramolecular Hbond substituents is 1. The number of phenols is 1. The standard InChI is InChI=1S/C13H10N2O2/c1-9-10(8-14)2-7-13(15-9)17-12-5-3-11(16)4-6-12/h2-7,16H,1H3. The largest absolute Gasteiger partial charge is 0.508 e. The molecule has 4 heteroatoms. The van der Waals surface area contributed by atoms with Gasteiger partial charge in [-0.2, -0.15) is 5.26 Å². The minimum Gasteiger partial charge on any atom is -0.508 e. The van der Waals surface area contributed by atoms with E-state index in [-0.39, 0.29) is 5.75 Å². The van der Waals surface area contributed by atoms with Gasteiger partial charge in [0.15, 0.2) is 0 Å². The predicted molar refractivity (Wildman–Crippen MR) is 61.9 cm³/mol. The van der Waals surface area contributed by atoms with Gasteiger partial charge >= 0.3 is 0 Å². The van der Waals surface area contributed by atoms with Gasteiger partial charge < -0.3 is 9.84 Å². The molecule has 0 bridgehead atoms. The number of hydrogen-bond acceptors (Lipinski definition) is 4. The molecule has 2 aromatic rings. The van der Waals surface area contributed by atoms with Gasteiger partial charge in [-0.25, -0.2) is 4.98 Å². The molecule has 0 radical (unpaired) electrons. The van der Waals surface area contributed by atoms with Crippen LogP contribution in [0, 0.1) is 18.3 Å². The topological polar surface area (TPSA) is 66.1 Å². The first kappa shape index (κ1) is 11.0. The van der Waals surface area contributed by atoms with Crippen molar-refractivity contribution in [3.05, 3.63) is 47.7 Å². The summed E-state index contributed by atoms with van der Waals surface area (Å²) in [5.74, 6) is 1.19. The number of hydrogen-bond donors (Lipinski definition) is 1. The molecule has 0 saturated carbocycles. The van der Waals surface area contributed by atoms with Crippen LogP contribution in [0.3, 0.4) is 0 Å². The molecule has 0 aliphatic rings. The van der Waals surface area contributed by atoms with Crippen molar-refractivity contribution in [2.45, 2.75) is 6.92 Å². The summed E-state index contributed by atoms with van der Waals surface area (Å²) in [5.41, 5.74) is 1.16.